The largest absolute Gasteiger partial charge is 0.344 e. The van der Waals surface area contributed by atoms with Crippen LogP contribution in [0.2, 0.25) is 5.02 Å². The molecule has 0 saturated heterocycles. The molecule has 0 aliphatic heterocycles. The lowest BCUT2D eigenvalue weighted by Crippen LogP contribution is -2.30. The van der Waals surface area contributed by atoms with Gasteiger partial charge >= 0.3 is 0 Å². The molecule has 3 rings (SSSR count). The molecular formula is C22H20ClNOS. The SMILES string of the molecule is O=C(CSCc1ccc(Cl)cc1)NC(c1ccccc1)c1ccccc1. The highest BCUT2D eigenvalue weighted by atomic mass is 35.5. The number of benzene rings is 3. The lowest BCUT2D eigenvalue weighted by atomic mass is 9.99. The van der Waals surface area contributed by atoms with Gasteiger partial charge < -0.3 is 5.32 Å². The van der Waals surface area contributed by atoms with Gasteiger partial charge in [0.2, 0.25) is 5.91 Å². The van der Waals surface area contributed by atoms with E-state index < -0.39 is 0 Å². The molecule has 0 aliphatic rings. The quantitative estimate of drug-likeness (QED) is 0.587. The van der Waals surface area contributed by atoms with E-state index in [1.807, 2.05) is 84.9 Å². The Morgan fingerprint density at radius 2 is 1.38 bits per heavy atom. The van der Waals surface area contributed by atoms with Crippen LogP contribution in [0.1, 0.15) is 22.7 Å². The molecule has 0 heterocycles. The normalized spacial score (nSPS) is 10.7. The van der Waals surface area contributed by atoms with Gasteiger partial charge in [0.25, 0.3) is 0 Å². The molecule has 3 aromatic rings. The van der Waals surface area contributed by atoms with E-state index in [0.29, 0.717) is 5.75 Å². The Kier molecular flexibility index (Phi) is 6.75. The number of carbonyl (C=O) groups excluding carboxylic acids is 1. The molecule has 0 unspecified atom stereocenters. The van der Waals surface area contributed by atoms with Crippen LogP contribution in [0.25, 0.3) is 0 Å². The highest BCUT2D eigenvalue weighted by Crippen LogP contribution is 2.22. The standard InChI is InChI=1S/C22H20ClNOS/c23-20-13-11-17(12-14-20)15-26-16-21(25)24-22(18-7-3-1-4-8-18)19-9-5-2-6-10-19/h1-14,22H,15-16H2,(H,24,25). The summed E-state index contributed by atoms with van der Waals surface area (Å²) in [5.41, 5.74) is 3.32. The fraction of sp³-hybridized carbons (Fsp3) is 0.136. The fourth-order valence-corrected chi connectivity index (χ4v) is 3.62. The van der Waals surface area contributed by atoms with Gasteiger partial charge in [-0.25, -0.2) is 0 Å². The number of thioether (sulfide) groups is 1. The zero-order valence-electron chi connectivity index (χ0n) is 14.3. The van der Waals surface area contributed by atoms with E-state index in [2.05, 4.69) is 5.32 Å². The van der Waals surface area contributed by atoms with Crippen LogP contribution in [-0.2, 0) is 10.5 Å². The highest BCUT2D eigenvalue weighted by Gasteiger charge is 2.16. The Hall–Kier alpha value is -2.23. The predicted molar refractivity (Wildman–Crippen MR) is 110 cm³/mol. The number of nitrogens with one attached hydrogen (secondary N) is 1. The minimum absolute atomic E-state index is 0.0293. The van der Waals surface area contributed by atoms with E-state index in [1.165, 1.54) is 0 Å². The van der Waals surface area contributed by atoms with Gasteiger partial charge in [0.15, 0.2) is 0 Å². The first-order valence-electron chi connectivity index (χ1n) is 8.44. The Morgan fingerprint density at radius 3 is 1.92 bits per heavy atom. The minimum Gasteiger partial charge on any atom is -0.344 e. The number of amides is 1. The summed E-state index contributed by atoms with van der Waals surface area (Å²) in [6.07, 6.45) is 0. The number of halogens is 1. The molecule has 0 radical (unpaired) electrons. The minimum atomic E-state index is -0.138. The second-order valence-corrected chi connectivity index (χ2v) is 7.36. The molecule has 3 aromatic carbocycles. The van der Waals surface area contributed by atoms with Crippen LogP contribution < -0.4 is 5.32 Å². The predicted octanol–water partition coefficient (Wildman–Crippen LogP) is 5.48. The van der Waals surface area contributed by atoms with Crippen LogP contribution in [0.15, 0.2) is 84.9 Å². The van der Waals surface area contributed by atoms with Gasteiger partial charge in [-0.1, -0.05) is 84.4 Å². The maximum Gasteiger partial charge on any atom is 0.230 e. The average Bonchev–Trinajstić information content (AvgIpc) is 2.69. The summed E-state index contributed by atoms with van der Waals surface area (Å²) in [4.78, 5) is 12.5. The highest BCUT2D eigenvalue weighted by molar-refractivity contribution is 7.99. The van der Waals surface area contributed by atoms with Crippen molar-refractivity contribution in [3.63, 3.8) is 0 Å². The van der Waals surface area contributed by atoms with Gasteiger partial charge in [0, 0.05) is 10.8 Å². The average molecular weight is 382 g/mol. The van der Waals surface area contributed by atoms with Gasteiger partial charge in [-0.3, -0.25) is 4.79 Å². The van der Waals surface area contributed by atoms with Crippen LogP contribution in [-0.4, -0.2) is 11.7 Å². The van der Waals surface area contributed by atoms with E-state index in [1.54, 1.807) is 11.8 Å². The molecule has 0 saturated carbocycles. The third kappa shape index (κ3) is 5.38. The molecule has 0 aromatic heterocycles. The number of carbonyl (C=O) groups is 1. The third-order valence-electron chi connectivity index (χ3n) is 3.99. The molecule has 0 aliphatic carbocycles. The fourth-order valence-electron chi connectivity index (χ4n) is 2.69. The first kappa shape index (κ1) is 18.6. The van der Waals surface area contributed by atoms with Crippen molar-refractivity contribution in [1.29, 1.82) is 0 Å². The van der Waals surface area contributed by atoms with Crippen LogP contribution >= 0.6 is 23.4 Å². The summed E-state index contributed by atoms with van der Waals surface area (Å²) < 4.78 is 0. The molecule has 1 amide bonds. The molecular weight excluding hydrogens is 362 g/mol. The van der Waals surface area contributed by atoms with Crippen molar-refractivity contribution in [3.8, 4) is 0 Å². The molecule has 0 spiro atoms. The summed E-state index contributed by atoms with van der Waals surface area (Å²) in [5, 5.41) is 3.89. The van der Waals surface area contributed by atoms with Crippen molar-refractivity contribution in [3.05, 3.63) is 107 Å². The van der Waals surface area contributed by atoms with E-state index in [4.69, 9.17) is 11.6 Å². The summed E-state index contributed by atoms with van der Waals surface area (Å²) in [6.45, 7) is 0. The lowest BCUT2D eigenvalue weighted by Gasteiger charge is -2.20. The summed E-state index contributed by atoms with van der Waals surface area (Å²) >= 11 is 7.50. The van der Waals surface area contributed by atoms with Crippen molar-refractivity contribution in [2.45, 2.75) is 11.8 Å². The summed E-state index contributed by atoms with van der Waals surface area (Å²) in [5.74, 6) is 1.23. The van der Waals surface area contributed by atoms with Gasteiger partial charge in [-0.05, 0) is 28.8 Å². The van der Waals surface area contributed by atoms with Crippen LogP contribution in [0, 0.1) is 0 Å². The Balaban J connectivity index is 1.61. The Morgan fingerprint density at radius 1 is 0.846 bits per heavy atom. The van der Waals surface area contributed by atoms with Crippen LogP contribution in [0.4, 0.5) is 0 Å². The topological polar surface area (TPSA) is 29.1 Å². The van der Waals surface area contributed by atoms with Gasteiger partial charge in [-0.15, -0.1) is 11.8 Å². The van der Waals surface area contributed by atoms with Crippen molar-refractivity contribution in [2.24, 2.45) is 0 Å². The number of rotatable bonds is 7. The number of hydrogen-bond donors (Lipinski definition) is 1. The smallest absolute Gasteiger partial charge is 0.230 e. The van der Waals surface area contributed by atoms with E-state index >= 15 is 0 Å². The lowest BCUT2D eigenvalue weighted by molar-refractivity contribution is -0.119. The Bertz CT molecular complexity index is 782. The second-order valence-electron chi connectivity index (χ2n) is 5.94. The molecule has 132 valence electrons. The third-order valence-corrected chi connectivity index (χ3v) is 5.24. The van der Waals surface area contributed by atoms with Crippen molar-refractivity contribution < 1.29 is 4.79 Å². The van der Waals surface area contributed by atoms with Crippen LogP contribution in [0.3, 0.4) is 0 Å². The van der Waals surface area contributed by atoms with E-state index in [9.17, 15) is 4.79 Å². The van der Waals surface area contributed by atoms with Crippen molar-refractivity contribution in [2.75, 3.05) is 5.75 Å². The zero-order chi connectivity index (χ0) is 18.2. The molecule has 4 heteroatoms. The van der Waals surface area contributed by atoms with Crippen molar-refractivity contribution >= 4 is 29.3 Å². The zero-order valence-corrected chi connectivity index (χ0v) is 15.8. The van der Waals surface area contributed by atoms with Crippen molar-refractivity contribution in [1.82, 2.24) is 5.32 Å². The first-order chi connectivity index (χ1) is 12.7. The summed E-state index contributed by atoms with van der Waals surface area (Å²) in [7, 11) is 0. The van der Waals surface area contributed by atoms with Gasteiger partial charge in [0.05, 0.1) is 11.8 Å². The second kappa shape index (κ2) is 9.46. The molecule has 0 fully saturated rings. The summed E-state index contributed by atoms with van der Waals surface area (Å²) in [6, 6.07) is 27.7. The first-order valence-corrected chi connectivity index (χ1v) is 9.97. The number of hydrogen-bond acceptors (Lipinski definition) is 2. The monoisotopic (exact) mass is 381 g/mol. The van der Waals surface area contributed by atoms with Gasteiger partial charge in [0.1, 0.15) is 0 Å². The molecule has 0 atom stereocenters. The van der Waals surface area contributed by atoms with Crippen LogP contribution in [0.5, 0.6) is 0 Å². The maximum absolute atomic E-state index is 12.5. The maximum atomic E-state index is 12.5. The molecule has 26 heavy (non-hydrogen) atoms. The van der Waals surface area contributed by atoms with Gasteiger partial charge in [-0.2, -0.15) is 0 Å². The van der Waals surface area contributed by atoms with E-state index in [0.717, 1.165) is 27.5 Å². The van der Waals surface area contributed by atoms with E-state index in [-0.39, 0.29) is 11.9 Å². The molecule has 0 bridgehead atoms. The molecule has 1 N–H and O–H groups in total. The molecule has 2 nitrogen and oxygen atoms in total. The Labute approximate surface area is 163 Å².